The van der Waals surface area contributed by atoms with Gasteiger partial charge in [-0.3, -0.25) is 4.79 Å². The van der Waals surface area contributed by atoms with Crippen LogP contribution in [-0.4, -0.2) is 31.6 Å². The highest BCUT2D eigenvalue weighted by atomic mass is 35.5. The summed E-state index contributed by atoms with van der Waals surface area (Å²) in [5.41, 5.74) is 0.620. The first-order chi connectivity index (χ1) is 8.27. The molecule has 1 N–H and O–H groups in total. The van der Waals surface area contributed by atoms with Crippen molar-refractivity contribution in [2.45, 2.75) is 6.92 Å². The fraction of sp³-hybridized carbons (Fsp3) is 0.417. The highest BCUT2D eigenvalue weighted by molar-refractivity contribution is 6.29. The van der Waals surface area contributed by atoms with Crippen LogP contribution in [0.5, 0.6) is 5.75 Å². The lowest BCUT2D eigenvalue weighted by Gasteiger charge is -2.11. The van der Waals surface area contributed by atoms with Gasteiger partial charge in [0.1, 0.15) is 18.2 Å². The molecule has 0 aliphatic heterocycles. The fourth-order valence-electron chi connectivity index (χ4n) is 1.23. The molecule has 0 saturated carbocycles. The van der Waals surface area contributed by atoms with Crippen LogP contribution in [0, 0.1) is 0 Å². The zero-order valence-electron chi connectivity index (χ0n) is 9.74. The number of nitrogens with one attached hydrogen (secondary N) is 1. The molecule has 0 aliphatic carbocycles. The van der Waals surface area contributed by atoms with Gasteiger partial charge < -0.3 is 14.8 Å². The molecular formula is C12H16ClNO3. The first-order valence-electron chi connectivity index (χ1n) is 5.43. The number of amides is 1. The van der Waals surface area contributed by atoms with Crippen LogP contribution in [0.15, 0.2) is 24.3 Å². The van der Waals surface area contributed by atoms with Gasteiger partial charge in [0.05, 0.1) is 12.3 Å². The zero-order chi connectivity index (χ0) is 12.5. The molecule has 5 heteroatoms. The molecule has 0 atom stereocenters. The van der Waals surface area contributed by atoms with E-state index >= 15 is 0 Å². The maximum absolute atomic E-state index is 11.2. The van der Waals surface area contributed by atoms with Gasteiger partial charge >= 0.3 is 0 Å². The van der Waals surface area contributed by atoms with Crippen molar-refractivity contribution in [1.82, 2.24) is 0 Å². The number of hydrogen-bond acceptors (Lipinski definition) is 3. The van der Waals surface area contributed by atoms with Crippen LogP contribution in [0.4, 0.5) is 5.69 Å². The second-order valence-electron chi connectivity index (χ2n) is 3.22. The van der Waals surface area contributed by atoms with Crippen LogP contribution in [0.2, 0.25) is 0 Å². The molecule has 94 valence electrons. The van der Waals surface area contributed by atoms with Crippen molar-refractivity contribution < 1.29 is 14.3 Å². The summed E-state index contributed by atoms with van der Waals surface area (Å²) in [5, 5.41) is 2.66. The summed E-state index contributed by atoms with van der Waals surface area (Å²) < 4.78 is 10.7. The summed E-state index contributed by atoms with van der Waals surface area (Å²) >= 11 is 5.43. The number of halogens is 1. The third-order valence-corrected chi connectivity index (χ3v) is 2.21. The highest BCUT2D eigenvalue weighted by Gasteiger charge is 2.05. The smallest absolute Gasteiger partial charge is 0.239 e. The Bertz CT molecular complexity index is 357. The molecule has 0 radical (unpaired) electrons. The lowest BCUT2D eigenvalue weighted by molar-refractivity contribution is -0.113. The molecule has 0 aliphatic rings. The Balaban J connectivity index is 2.54. The molecular weight excluding hydrogens is 242 g/mol. The Morgan fingerprint density at radius 2 is 2.12 bits per heavy atom. The molecule has 0 spiro atoms. The minimum Gasteiger partial charge on any atom is -0.489 e. The fourth-order valence-corrected chi connectivity index (χ4v) is 1.30. The Labute approximate surface area is 106 Å². The zero-order valence-corrected chi connectivity index (χ0v) is 10.5. The molecule has 0 heterocycles. The number of ether oxygens (including phenoxy) is 2. The van der Waals surface area contributed by atoms with Gasteiger partial charge in [-0.1, -0.05) is 12.1 Å². The number of anilines is 1. The third kappa shape index (κ3) is 5.06. The Hall–Kier alpha value is -1.26. The SMILES string of the molecule is CCOCCOc1ccccc1NC(=O)CCl. The van der Waals surface area contributed by atoms with Gasteiger partial charge in [0.15, 0.2) is 0 Å². The van der Waals surface area contributed by atoms with Crippen molar-refractivity contribution in [3.05, 3.63) is 24.3 Å². The van der Waals surface area contributed by atoms with Crippen LogP contribution >= 0.6 is 11.6 Å². The monoisotopic (exact) mass is 257 g/mol. The lowest BCUT2D eigenvalue weighted by atomic mass is 10.3. The van der Waals surface area contributed by atoms with E-state index in [0.717, 1.165) is 0 Å². The molecule has 0 bridgehead atoms. The summed E-state index contributed by atoms with van der Waals surface area (Å²) in [6, 6.07) is 7.21. The largest absolute Gasteiger partial charge is 0.489 e. The minimum absolute atomic E-state index is 0.0761. The molecule has 1 rings (SSSR count). The van der Waals surface area contributed by atoms with Crippen molar-refractivity contribution in [3.63, 3.8) is 0 Å². The standard InChI is InChI=1S/C12H16ClNO3/c1-2-16-7-8-17-11-6-4-3-5-10(11)14-12(15)9-13/h3-6H,2,7-9H2,1H3,(H,14,15). The number of rotatable bonds is 7. The van der Waals surface area contributed by atoms with Gasteiger partial charge in [-0.2, -0.15) is 0 Å². The van der Waals surface area contributed by atoms with Gasteiger partial charge in [0, 0.05) is 6.61 Å². The predicted octanol–water partition coefficient (Wildman–Crippen LogP) is 2.28. The van der Waals surface area contributed by atoms with E-state index in [4.69, 9.17) is 21.1 Å². The Kier molecular flexibility index (Phi) is 6.43. The van der Waals surface area contributed by atoms with E-state index in [1.165, 1.54) is 0 Å². The van der Waals surface area contributed by atoms with E-state index in [1.54, 1.807) is 12.1 Å². The molecule has 0 unspecified atom stereocenters. The van der Waals surface area contributed by atoms with E-state index < -0.39 is 0 Å². The average Bonchev–Trinajstić information content (AvgIpc) is 2.36. The van der Waals surface area contributed by atoms with E-state index in [-0.39, 0.29) is 11.8 Å². The predicted molar refractivity (Wildman–Crippen MR) is 67.8 cm³/mol. The number of benzene rings is 1. The van der Waals surface area contributed by atoms with E-state index in [1.807, 2.05) is 19.1 Å². The van der Waals surface area contributed by atoms with Gasteiger partial charge in [0.2, 0.25) is 5.91 Å². The minimum atomic E-state index is -0.257. The molecule has 1 aromatic rings. The van der Waals surface area contributed by atoms with E-state index in [2.05, 4.69) is 5.32 Å². The first-order valence-corrected chi connectivity index (χ1v) is 5.96. The summed E-state index contributed by atoms with van der Waals surface area (Å²) in [5.74, 6) is 0.283. The molecule has 4 nitrogen and oxygen atoms in total. The maximum atomic E-state index is 11.2. The van der Waals surface area contributed by atoms with Gasteiger partial charge in [0.25, 0.3) is 0 Å². The van der Waals surface area contributed by atoms with E-state index in [9.17, 15) is 4.79 Å². The van der Waals surface area contributed by atoms with Crippen LogP contribution in [0.3, 0.4) is 0 Å². The van der Waals surface area contributed by atoms with Crippen LogP contribution in [0.25, 0.3) is 0 Å². The van der Waals surface area contributed by atoms with Gasteiger partial charge in [-0.05, 0) is 19.1 Å². The van der Waals surface area contributed by atoms with Crippen molar-refractivity contribution in [1.29, 1.82) is 0 Å². The summed E-state index contributed by atoms with van der Waals surface area (Å²) in [7, 11) is 0. The first kappa shape index (κ1) is 13.8. The maximum Gasteiger partial charge on any atom is 0.239 e. The van der Waals surface area contributed by atoms with Crippen molar-refractivity contribution in [3.8, 4) is 5.75 Å². The molecule has 1 amide bonds. The number of alkyl halides is 1. The number of carbonyl (C=O) groups excluding carboxylic acids is 1. The summed E-state index contributed by atoms with van der Waals surface area (Å²) in [6.07, 6.45) is 0. The van der Waals surface area contributed by atoms with Crippen molar-refractivity contribution in [2.24, 2.45) is 0 Å². The highest BCUT2D eigenvalue weighted by Crippen LogP contribution is 2.23. The quantitative estimate of drug-likeness (QED) is 0.602. The van der Waals surface area contributed by atoms with Gasteiger partial charge in [-0.15, -0.1) is 11.6 Å². The number of para-hydroxylation sites is 2. The molecule has 0 fully saturated rings. The third-order valence-electron chi connectivity index (χ3n) is 1.97. The second kappa shape index (κ2) is 7.92. The van der Waals surface area contributed by atoms with Crippen LogP contribution < -0.4 is 10.1 Å². The normalized spacial score (nSPS) is 10.0. The molecule has 0 saturated heterocycles. The van der Waals surface area contributed by atoms with Crippen molar-refractivity contribution in [2.75, 3.05) is 31.0 Å². The summed E-state index contributed by atoms with van der Waals surface area (Å²) in [6.45, 7) is 3.55. The van der Waals surface area contributed by atoms with E-state index in [0.29, 0.717) is 31.3 Å². The second-order valence-corrected chi connectivity index (χ2v) is 3.49. The molecule has 1 aromatic carbocycles. The van der Waals surface area contributed by atoms with Crippen LogP contribution in [0.1, 0.15) is 6.92 Å². The topological polar surface area (TPSA) is 47.6 Å². The average molecular weight is 258 g/mol. The number of hydrogen-bond donors (Lipinski definition) is 1. The van der Waals surface area contributed by atoms with Gasteiger partial charge in [-0.25, -0.2) is 0 Å². The Morgan fingerprint density at radius 1 is 1.35 bits per heavy atom. The van der Waals surface area contributed by atoms with Crippen LogP contribution in [-0.2, 0) is 9.53 Å². The molecule has 0 aromatic heterocycles. The van der Waals surface area contributed by atoms with Crippen molar-refractivity contribution >= 4 is 23.2 Å². The number of carbonyl (C=O) groups is 1. The summed E-state index contributed by atoms with van der Waals surface area (Å²) in [4.78, 5) is 11.2. The lowest BCUT2D eigenvalue weighted by Crippen LogP contribution is -2.14. The Morgan fingerprint density at radius 3 is 2.82 bits per heavy atom. The molecule has 17 heavy (non-hydrogen) atoms.